The van der Waals surface area contributed by atoms with Gasteiger partial charge in [0.2, 0.25) is 0 Å². The van der Waals surface area contributed by atoms with Gasteiger partial charge in [0, 0.05) is 23.2 Å². The fourth-order valence-corrected chi connectivity index (χ4v) is 3.38. The van der Waals surface area contributed by atoms with Gasteiger partial charge in [0.1, 0.15) is 17.1 Å². The number of hydrogen-bond donors (Lipinski definition) is 1. The average Bonchev–Trinajstić information content (AvgIpc) is 2.69. The Morgan fingerprint density at radius 2 is 1.70 bits per heavy atom. The molecule has 1 amide bonds. The number of carbonyl (C=O) groups excluding carboxylic acids is 3. The molecule has 2 aromatic rings. The van der Waals surface area contributed by atoms with E-state index in [9.17, 15) is 14.4 Å². The molecule has 0 saturated heterocycles. The number of aromatic nitrogens is 1. The Balaban J connectivity index is 2.52. The number of rotatable bonds is 6. The van der Waals surface area contributed by atoms with Crippen molar-refractivity contribution in [1.82, 2.24) is 4.98 Å². The van der Waals surface area contributed by atoms with Crippen LogP contribution in [-0.4, -0.2) is 35.5 Å². The van der Waals surface area contributed by atoms with Crippen molar-refractivity contribution in [3.63, 3.8) is 0 Å². The van der Waals surface area contributed by atoms with Gasteiger partial charge in [0.05, 0.1) is 13.0 Å². The van der Waals surface area contributed by atoms with Crippen LogP contribution >= 0.6 is 0 Å². The van der Waals surface area contributed by atoms with Gasteiger partial charge in [-0.05, 0) is 57.0 Å². The van der Waals surface area contributed by atoms with Crippen LogP contribution in [0.25, 0.3) is 0 Å². The molecule has 1 aromatic carbocycles. The van der Waals surface area contributed by atoms with Gasteiger partial charge in [-0.3, -0.25) is 10.1 Å². The number of aryl methyl sites for hydroxylation is 1. The monoisotopic (exact) mass is 454 g/mol. The first kappa shape index (κ1) is 26.0. The Bertz CT molecular complexity index is 1030. The molecular formula is C26H34N2O5. The number of amides is 1. The van der Waals surface area contributed by atoms with Gasteiger partial charge < -0.3 is 9.47 Å². The van der Waals surface area contributed by atoms with Gasteiger partial charge >= 0.3 is 12.1 Å². The fraction of sp³-hybridized carbons (Fsp3) is 0.462. The summed E-state index contributed by atoms with van der Waals surface area (Å²) in [7, 11) is 1.30. The summed E-state index contributed by atoms with van der Waals surface area (Å²) in [5.74, 6) is -1.15. The second-order valence-corrected chi connectivity index (χ2v) is 10.1. The number of esters is 1. The number of benzene rings is 1. The van der Waals surface area contributed by atoms with Gasteiger partial charge in [0.25, 0.3) is 0 Å². The van der Waals surface area contributed by atoms with E-state index in [1.54, 1.807) is 39.0 Å². The van der Waals surface area contributed by atoms with E-state index in [1.807, 2.05) is 45.9 Å². The molecule has 0 bridgehead atoms. The minimum atomic E-state index is -0.660. The van der Waals surface area contributed by atoms with E-state index in [0.717, 1.165) is 5.56 Å². The molecule has 1 heterocycles. The summed E-state index contributed by atoms with van der Waals surface area (Å²) in [6, 6.07) is 10.6. The third kappa shape index (κ3) is 7.41. The molecule has 1 aromatic heterocycles. The summed E-state index contributed by atoms with van der Waals surface area (Å²) >= 11 is 0. The van der Waals surface area contributed by atoms with Crippen LogP contribution in [-0.2, 0) is 20.7 Å². The first-order chi connectivity index (χ1) is 15.2. The highest BCUT2D eigenvalue weighted by atomic mass is 16.6. The molecule has 178 valence electrons. The molecule has 7 heteroatoms. The van der Waals surface area contributed by atoms with Gasteiger partial charge in [-0.25, -0.2) is 14.6 Å². The summed E-state index contributed by atoms with van der Waals surface area (Å²) < 4.78 is 10.2. The van der Waals surface area contributed by atoms with Crippen LogP contribution in [0.3, 0.4) is 0 Å². The van der Waals surface area contributed by atoms with Crippen LogP contribution in [0.15, 0.2) is 36.4 Å². The number of hydrogen-bond acceptors (Lipinski definition) is 6. The Morgan fingerprint density at radius 1 is 1.03 bits per heavy atom. The topological polar surface area (TPSA) is 94.6 Å². The molecule has 0 radical (unpaired) electrons. The van der Waals surface area contributed by atoms with Crippen LogP contribution in [0.2, 0.25) is 0 Å². The number of anilines is 1. The summed E-state index contributed by atoms with van der Waals surface area (Å²) in [4.78, 5) is 42.4. The molecule has 1 atom stereocenters. The van der Waals surface area contributed by atoms with Crippen LogP contribution in [0.4, 0.5) is 10.5 Å². The highest BCUT2D eigenvalue weighted by Gasteiger charge is 2.33. The lowest BCUT2D eigenvalue weighted by molar-refractivity contribution is -0.127. The van der Waals surface area contributed by atoms with Crippen molar-refractivity contribution in [3.8, 4) is 0 Å². The van der Waals surface area contributed by atoms with E-state index in [0.29, 0.717) is 16.9 Å². The largest absolute Gasteiger partial charge is 0.464 e. The smallest absolute Gasteiger partial charge is 0.412 e. The molecule has 0 spiro atoms. The average molecular weight is 455 g/mol. The molecule has 33 heavy (non-hydrogen) atoms. The minimum Gasteiger partial charge on any atom is -0.464 e. The Labute approximate surface area is 195 Å². The standard InChI is InChI=1S/C26H34N2O5/c1-16-12-13-18(21(14-16)28-24(31)33-26(5,6)7)19(22(29)25(2,3)4)15-17-10-9-11-20(27-17)23(30)32-8/h9-14,19H,15H2,1-8H3,(H,28,31). The number of ketones is 1. The maximum atomic E-state index is 13.5. The van der Waals surface area contributed by atoms with Crippen LogP contribution in [0, 0.1) is 12.3 Å². The number of nitrogens with one attached hydrogen (secondary N) is 1. The lowest BCUT2D eigenvalue weighted by Gasteiger charge is -2.27. The van der Waals surface area contributed by atoms with E-state index >= 15 is 0 Å². The maximum Gasteiger partial charge on any atom is 0.412 e. The van der Waals surface area contributed by atoms with Gasteiger partial charge in [-0.1, -0.05) is 39.0 Å². The molecule has 0 saturated carbocycles. The maximum absolute atomic E-state index is 13.5. The predicted molar refractivity (Wildman–Crippen MR) is 128 cm³/mol. The Hall–Kier alpha value is -3.22. The molecular weight excluding hydrogens is 420 g/mol. The van der Waals surface area contributed by atoms with E-state index < -0.39 is 29.0 Å². The fourth-order valence-electron chi connectivity index (χ4n) is 3.38. The third-order valence-corrected chi connectivity index (χ3v) is 4.89. The number of pyridine rings is 1. The molecule has 2 rings (SSSR count). The minimum absolute atomic E-state index is 0.0103. The third-order valence-electron chi connectivity index (χ3n) is 4.89. The number of methoxy groups -OCH3 is 1. The molecule has 1 N–H and O–H groups in total. The van der Waals surface area contributed by atoms with Crippen LogP contribution in [0.1, 0.15) is 74.8 Å². The van der Waals surface area contributed by atoms with Crippen molar-refractivity contribution in [1.29, 1.82) is 0 Å². The van der Waals surface area contributed by atoms with Crippen molar-refractivity contribution in [2.24, 2.45) is 5.41 Å². The second-order valence-electron chi connectivity index (χ2n) is 10.1. The lowest BCUT2D eigenvalue weighted by atomic mass is 9.77. The molecule has 7 nitrogen and oxygen atoms in total. The highest BCUT2D eigenvalue weighted by molar-refractivity contribution is 5.94. The second kappa shape index (κ2) is 10.1. The first-order valence-electron chi connectivity index (χ1n) is 10.9. The van der Waals surface area contributed by atoms with E-state index in [2.05, 4.69) is 10.3 Å². The number of ether oxygens (including phenoxy) is 2. The SMILES string of the molecule is COC(=O)c1cccc(CC(C(=O)C(C)(C)C)c2ccc(C)cc2NC(=O)OC(C)(C)C)n1. The predicted octanol–water partition coefficient (Wildman–Crippen LogP) is 5.47. The number of nitrogens with zero attached hydrogens (tertiary/aromatic N) is 1. The molecule has 0 aliphatic carbocycles. The summed E-state index contributed by atoms with van der Waals surface area (Å²) in [6.45, 7) is 12.8. The number of Topliss-reactive ketones (excluding diaryl/α,β-unsaturated/α-hetero) is 1. The van der Waals surface area contributed by atoms with Crippen molar-refractivity contribution < 1.29 is 23.9 Å². The molecule has 1 unspecified atom stereocenters. The zero-order valence-electron chi connectivity index (χ0n) is 20.7. The molecule has 0 fully saturated rings. The van der Waals surface area contributed by atoms with Gasteiger partial charge in [-0.15, -0.1) is 0 Å². The van der Waals surface area contributed by atoms with Crippen molar-refractivity contribution in [2.75, 3.05) is 12.4 Å². The summed E-state index contributed by atoms with van der Waals surface area (Å²) in [6.07, 6.45) is -0.338. The van der Waals surface area contributed by atoms with Gasteiger partial charge in [-0.2, -0.15) is 0 Å². The van der Waals surface area contributed by atoms with Crippen molar-refractivity contribution >= 4 is 23.5 Å². The van der Waals surface area contributed by atoms with E-state index in [-0.39, 0.29) is 17.9 Å². The zero-order valence-corrected chi connectivity index (χ0v) is 20.7. The number of carbonyl (C=O) groups is 3. The molecule has 0 aliphatic heterocycles. The van der Waals surface area contributed by atoms with Gasteiger partial charge in [0.15, 0.2) is 0 Å². The van der Waals surface area contributed by atoms with Crippen LogP contribution < -0.4 is 5.32 Å². The quantitative estimate of drug-likeness (QED) is 0.582. The Morgan fingerprint density at radius 3 is 2.27 bits per heavy atom. The van der Waals surface area contributed by atoms with E-state index in [4.69, 9.17) is 9.47 Å². The Kier molecular flexibility index (Phi) is 8.01. The summed E-state index contributed by atoms with van der Waals surface area (Å²) in [5, 5.41) is 2.81. The van der Waals surface area contributed by atoms with Crippen molar-refractivity contribution in [2.45, 2.75) is 66.4 Å². The van der Waals surface area contributed by atoms with Crippen LogP contribution in [0.5, 0.6) is 0 Å². The molecule has 0 aliphatic rings. The normalized spacial score (nSPS) is 12.6. The van der Waals surface area contributed by atoms with Crippen molar-refractivity contribution in [3.05, 3.63) is 58.9 Å². The summed E-state index contributed by atoms with van der Waals surface area (Å²) in [5.41, 5.74) is 1.55. The zero-order chi connectivity index (χ0) is 25.0. The first-order valence-corrected chi connectivity index (χ1v) is 10.9. The lowest BCUT2D eigenvalue weighted by Crippen LogP contribution is -2.31. The highest BCUT2D eigenvalue weighted by Crippen LogP contribution is 2.35. The van der Waals surface area contributed by atoms with E-state index in [1.165, 1.54) is 7.11 Å².